The van der Waals surface area contributed by atoms with Gasteiger partial charge in [-0.1, -0.05) is 41.4 Å². The van der Waals surface area contributed by atoms with E-state index in [1.165, 1.54) is 10.6 Å². The van der Waals surface area contributed by atoms with Crippen molar-refractivity contribution in [2.24, 2.45) is 0 Å². The van der Waals surface area contributed by atoms with Gasteiger partial charge in [0.15, 0.2) is 0 Å². The molecule has 1 aromatic heterocycles. The van der Waals surface area contributed by atoms with E-state index >= 15 is 0 Å². The van der Waals surface area contributed by atoms with E-state index < -0.39 is 17.2 Å². The van der Waals surface area contributed by atoms with Crippen molar-refractivity contribution >= 4 is 28.9 Å². The average molecular weight is 395 g/mol. The molecule has 7 heteroatoms. The molecule has 3 nitrogen and oxygen atoms in total. The van der Waals surface area contributed by atoms with Gasteiger partial charge in [0.05, 0.1) is 11.3 Å². The van der Waals surface area contributed by atoms with Crippen molar-refractivity contribution in [1.82, 2.24) is 4.57 Å². The lowest BCUT2D eigenvalue weighted by atomic mass is 9.97. The molecule has 0 bridgehead atoms. The smallest absolute Gasteiger partial charge is 0.269 e. The van der Waals surface area contributed by atoms with E-state index in [-0.39, 0.29) is 28.5 Å². The average Bonchev–Trinajstić information content (AvgIpc) is 2.58. The topological polar surface area (TPSA) is 48.0 Å². The van der Waals surface area contributed by atoms with Gasteiger partial charge < -0.3 is 10.3 Å². The molecule has 0 radical (unpaired) electrons. The summed E-state index contributed by atoms with van der Waals surface area (Å²) in [6.07, 6.45) is 0. The van der Waals surface area contributed by atoms with Crippen LogP contribution >= 0.6 is 23.2 Å². The van der Waals surface area contributed by atoms with Crippen LogP contribution in [0.25, 0.3) is 22.4 Å². The van der Waals surface area contributed by atoms with Crippen molar-refractivity contribution < 1.29 is 8.78 Å². The van der Waals surface area contributed by atoms with Crippen LogP contribution in [0.2, 0.25) is 10.0 Å². The van der Waals surface area contributed by atoms with E-state index in [1.807, 2.05) is 0 Å². The Morgan fingerprint density at radius 1 is 1.00 bits per heavy atom. The van der Waals surface area contributed by atoms with Gasteiger partial charge in [-0.2, -0.15) is 0 Å². The third-order valence-electron chi connectivity index (χ3n) is 4.03. The summed E-state index contributed by atoms with van der Waals surface area (Å²) in [6.45, 7) is 1.85. The van der Waals surface area contributed by atoms with E-state index in [4.69, 9.17) is 28.9 Å². The van der Waals surface area contributed by atoms with Crippen molar-refractivity contribution in [3.63, 3.8) is 0 Å². The molecule has 3 aromatic rings. The fourth-order valence-corrected chi connectivity index (χ4v) is 3.36. The van der Waals surface area contributed by atoms with Gasteiger partial charge >= 0.3 is 0 Å². The molecule has 0 spiro atoms. The summed E-state index contributed by atoms with van der Waals surface area (Å²) in [4.78, 5) is 12.5. The highest BCUT2D eigenvalue weighted by molar-refractivity contribution is 6.34. The van der Waals surface area contributed by atoms with Gasteiger partial charge in [0.1, 0.15) is 16.7 Å². The Morgan fingerprint density at radius 3 is 2.19 bits per heavy atom. The minimum atomic E-state index is -0.875. The predicted molar refractivity (Wildman–Crippen MR) is 102 cm³/mol. The van der Waals surface area contributed by atoms with Gasteiger partial charge in [0.2, 0.25) is 0 Å². The molecule has 3 rings (SSSR count). The Bertz CT molecular complexity index is 1040. The molecule has 0 saturated heterocycles. The van der Waals surface area contributed by atoms with Crippen LogP contribution in [-0.2, 0) is 6.54 Å². The third-order valence-corrected chi connectivity index (χ3v) is 4.63. The first-order chi connectivity index (χ1) is 12.3. The van der Waals surface area contributed by atoms with E-state index in [2.05, 4.69) is 0 Å². The molecule has 2 N–H and O–H groups in total. The second kappa shape index (κ2) is 7.09. The summed E-state index contributed by atoms with van der Waals surface area (Å²) in [5.41, 5.74) is 5.47. The number of aromatic nitrogens is 1. The zero-order valence-corrected chi connectivity index (χ0v) is 15.2. The van der Waals surface area contributed by atoms with Crippen LogP contribution in [0.1, 0.15) is 6.92 Å². The van der Waals surface area contributed by atoms with Gasteiger partial charge in [-0.25, -0.2) is 8.78 Å². The maximum absolute atomic E-state index is 14.6. The minimum absolute atomic E-state index is 0.0533. The number of rotatable bonds is 3. The van der Waals surface area contributed by atoms with Gasteiger partial charge in [-0.3, -0.25) is 4.79 Å². The van der Waals surface area contributed by atoms with E-state index in [0.29, 0.717) is 16.1 Å². The maximum atomic E-state index is 14.6. The number of nitrogens with zero attached hydrogens (tertiary/aromatic N) is 1. The van der Waals surface area contributed by atoms with E-state index in [0.717, 1.165) is 12.1 Å². The monoisotopic (exact) mass is 394 g/mol. The minimum Gasteiger partial charge on any atom is -0.399 e. The summed E-state index contributed by atoms with van der Waals surface area (Å²) in [7, 11) is 0. The van der Waals surface area contributed by atoms with Crippen LogP contribution in [0.15, 0.2) is 47.3 Å². The summed E-state index contributed by atoms with van der Waals surface area (Å²) in [5.74, 6) is -1.75. The second-order valence-corrected chi connectivity index (χ2v) is 6.46. The summed E-state index contributed by atoms with van der Waals surface area (Å²) >= 11 is 12.4. The predicted octanol–water partition coefficient (Wildman–Crippen LogP) is 5.37. The number of hydrogen-bond acceptors (Lipinski definition) is 2. The number of anilines is 1. The van der Waals surface area contributed by atoms with Crippen LogP contribution in [-0.4, -0.2) is 4.57 Å². The van der Waals surface area contributed by atoms with Crippen molar-refractivity contribution in [3.8, 4) is 22.4 Å². The van der Waals surface area contributed by atoms with E-state index in [9.17, 15) is 13.6 Å². The number of pyridine rings is 1. The van der Waals surface area contributed by atoms with Crippen LogP contribution in [0.4, 0.5) is 14.5 Å². The molecule has 0 aliphatic heterocycles. The third kappa shape index (κ3) is 3.08. The molecule has 0 fully saturated rings. The van der Waals surface area contributed by atoms with Crippen LogP contribution in [0.3, 0.4) is 0 Å². The van der Waals surface area contributed by atoms with Gasteiger partial charge in [0.25, 0.3) is 5.56 Å². The molecule has 0 amide bonds. The van der Waals surface area contributed by atoms with Crippen LogP contribution < -0.4 is 11.3 Å². The zero-order chi connectivity index (χ0) is 19.0. The standard InChI is InChI=1S/C19H14Cl2F2N2O/c1-2-25-18(17-15(22)7-10(24)8-16(17)23)12(9-14(21)19(25)26)11-5-3-4-6-13(11)20/h3-9H,2,24H2,1H3. The molecule has 2 aromatic carbocycles. The lowest BCUT2D eigenvalue weighted by molar-refractivity contribution is 0.585. The number of nitrogen functional groups attached to an aromatic ring is 1. The largest absolute Gasteiger partial charge is 0.399 e. The van der Waals surface area contributed by atoms with Gasteiger partial charge in [0, 0.05) is 28.4 Å². The highest BCUT2D eigenvalue weighted by atomic mass is 35.5. The number of halogens is 4. The summed E-state index contributed by atoms with van der Waals surface area (Å²) in [6, 6.07) is 10.2. The molecule has 134 valence electrons. The van der Waals surface area contributed by atoms with Crippen molar-refractivity contribution in [1.29, 1.82) is 0 Å². The van der Waals surface area contributed by atoms with Crippen LogP contribution in [0.5, 0.6) is 0 Å². The fraction of sp³-hybridized carbons (Fsp3) is 0.105. The highest BCUT2D eigenvalue weighted by Crippen LogP contribution is 2.39. The summed E-state index contributed by atoms with van der Waals surface area (Å²) < 4.78 is 30.5. The Hall–Kier alpha value is -2.37. The molecular weight excluding hydrogens is 381 g/mol. The van der Waals surface area contributed by atoms with E-state index in [1.54, 1.807) is 31.2 Å². The number of benzene rings is 2. The lowest BCUT2D eigenvalue weighted by Crippen LogP contribution is -2.23. The van der Waals surface area contributed by atoms with Gasteiger partial charge in [-0.15, -0.1) is 0 Å². The Kier molecular flexibility index (Phi) is 5.03. The molecule has 0 saturated carbocycles. The Balaban J connectivity index is 2.51. The van der Waals surface area contributed by atoms with Gasteiger partial charge in [-0.05, 0) is 31.2 Å². The first-order valence-corrected chi connectivity index (χ1v) is 8.53. The van der Waals surface area contributed by atoms with Crippen molar-refractivity contribution in [2.45, 2.75) is 13.5 Å². The van der Waals surface area contributed by atoms with Crippen molar-refractivity contribution in [2.75, 3.05) is 5.73 Å². The quantitative estimate of drug-likeness (QED) is 0.607. The molecule has 0 aliphatic carbocycles. The molecule has 0 unspecified atom stereocenters. The molecule has 1 heterocycles. The second-order valence-electron chi connectivity index (χ2n) is 5.64. The molecule has 0 aliphatic rings. The van der Waals surface area contributed by atoms with Crippen molar-refractivity contribution in [3.05, 3.63) is 74.5 Å². The first kappa shape index (κ1) is 18.4. The first-order valence-electron chi connectivity index (χ1n) is 7.78. The zero-order valence-electron chi connectivity index (χ0n) is 13.7. The number of nitrogens with two attached hydrogens (primary N) is 1. The maximum Gasteiger partial charge on any atom is 0.269 e. The highest BCUT2D eigenvalue weighted by Gasteiger charge is 2.23. The Morgan fingerprint density at radius 2 is 1.62 bits per heavy atom. The Labute approximate surface area is 158 Å². The lowest BCUT2D eigenvalue weighted by Gasteiger charge is -2.19. The summed E-state index contributed by atoms with van der Waals surface area (Å²) in [5, 5.41) is 0.296. The number of hydrogen-bond donors (Lipinski definition) is 1. The molecule has 26 heavy (non-hydrogen) atoms. The fourth-order valence-electron chi connectivity index (χ4n) is 2.91. The molecular formula is C19H14Cl2F2N2O. The SMILES string of the molecule is CCn1c(-c2c(F)cc(N)cc2F)c(-c2ccccc2Cl)cc(Cl)c1=O. The van der Waals surface area contributed by atoms with Crippen LogP contribution in [0, 0.1) is 11.6 Å². The normalized spacial score (nSPS) is 11.0. The molecule has 0 atom stereocenters.